The summed E-state index contributed by atoms with van der Waals surface area (Å²) in [6, 6.07) is 5.41. The lowest BCUT2D eigenvalue weighted by molar-refractivity contribution is 0.0901. The number of H-pyrrole nitrogens is 1. The molecular formula is C14H19N3O2. The van der Waals surface area contributed by atoms with E-state index in [1.807, 2.05) is 19.9 Å². The number of fused-ring (bicyclic) bond motifs is 1. The molecule has 0 radical (unpaired) electrons. The molecule has 5 N–H and O–H groups in total. The molecule has 1 aromatic carbocycles. The summed E-state index contributed by atoms with van der Waals surface area (Å²) in [5.74, 6) is -0.171. The van der Waals surface area contributed by atoms with Gasteiger partial charge in [-0.2, -0.15) is 0 Å². The van der Waals surface area contributed by atoms with E-state index in [2.05, 4.69) is 10.3 Å². The number of carbonyl (C=O) groups is 1. The third-order valence-electron chi connectivity index (χ3n) is 3.14. The average molecular weight is 261 g/mol. The predicted molar refractivity (Wildman–Crippen MR) is 76.0 cm³/mol. The fourth-order valence-corrected chi connectivity index (χ4v) is 2.04. The number of aromatic amines is 1. The van der Waals surface area contributed by atoms with Crippen LogP contribution in [-0.2, 0) is 0 Å². The van der Waals surface area contributed by atoms with Crippen molar-refractivity contribution in [3.05, 3.63) is 30.0 Å². The molecule has 0 aliphatic carbocycles. The van der Waals surface area contributed by atoms with Crippen LogP contribution in [0.4, 0.5) is 5.69 Å². The fourth-order valence-electron chi connectivity index (χ4n) is 2.04. The maximum atomic E-state index is 12.3. The molecule has 1 amide bonds. The van der Waals surface area contributed by atoms with Crippen LogP contribution >= 0.6 is 0 Å². The van der Waals surface area contributed by atoms with Crippen LogP contribution in [0.25, 0.3) is 10.9 Å². The van der Waals surface area contributed by atoms with Gasteiger partial charge in [-0.25, -0.2) is 0 Å². The van der Waals surface area contributed by atoms with Crippen molar-refractivity contribution in [2.75, 3.05) is 12.3 Å². The summed E-state index contributed by atoms with van der Waals surface area (Å²) in [6.07, 6.45) is 2.18. The lowest BCUT2D eigenvalue weighted by atomic mass is 10.0. The number of amides is 1. The van der Waals surface area contributed by atoms with Crippen molar-refractivity contribution in [3.63, 3.8) is 0 Å². The highest BCUT2D eigenvalue weighted by Gasteiger charge is 2.22. The van der Waals surface area contributed by atoms with Gasteiger partial charge >= 0.3 is 0 Å². The molecule has 1 aromatic heterocycles. The van der Waals surface area contributed by atoms with Crippen molar-refractivity contribution in [3.8, 4) is 0 Å². The molecule has 5 heteroatoms. The van der Waals surface area contributed by atoms with E-state index in [1.54, 1.807) is 18.3 Å². The van der Waals surface area contributed by atoms with Crippen LogP contribution in [0.1, 0.15) is 30.6 Å². The van der Waals surface area contributed by atoms with Gasteiger partial charge in [0.15, 0.2) is 0 Å². The summed E-state index contributed by atoms with van der Waals surface area (Å²) < 4.78 is 0. The number of aliphatic hydroxyl groups is 1. The smallest absolute Gasteiger partial charge is 0.253 e. The number of aliphatic hydroxyl groups excluding tert-OH is 1. The summed E-state index contributed by atoms with van der Waals surface area (Å²) in [7, 11) is 0. The quantitative estimate of drug-likeness (QED) is 0.630. The molecule has 102 valence electrons. The molecule has 1 heterocycles. The standard InChI is InChI=1S/C14H19N3O2/c1-14(2,5-6-18)17-13(19)11-8-16-12-4-3-9(15)7-10(11)12/h3-4,7-8,16,18H,5-6,15H2,1-2H3,(H,17,19). The zero-order valence-corrected chi connectivity index (χ0v) is 11.2. The summed E-state index contributed by atoms with van der Waals surface area (Å²) in [4.78, 5) is 15.3. The Morgan fingerprint density at radius 3 is 2.89 bits per heavy atom. The van der Waals surface area contributed by atoms with Gasteiger partial charge in [0.1, 0.15) is 0 Å². The first-order valence-corrected chi connectivity index (χ1v) is 6.23. The van der Waals surface area contributed by atoms with Crippen LogP contribution in [0.15, 0.2) is 24.4 Å². The number of anilines is 1. The zero-order valence-electron chi connectivity index (χ0n) is 11.2. The predicted octanol–water partition coefficient (Wildman–Crippen LogP) is 1.64. The van der Waals surface area contributed by atoms with Gasteiger partial charge in [0.2, 0.25) is 0 Å². The minimum Gasteiger partial charge on any atom is -0.399 e. The lowest BCUT2D eigenvalue weighted by Crippen LogP contribution is -2.44. The molecule has 5 nitrogen and oxygen atoms in total. The Balaban J connectivity index is 2.29. The van der Waals surface area contributed by atoms with Crippen molar-refractivity contribution in [1.29, 1.82) is 0 Å². The van der Waals surface area contributed by atoms with Gasteiger partial charge in [0.25, 0.3) is 5.91 Å². The largest absolute Gasteiger partial charge is 0.399 e. The van der Waals surface area contributed by atoms with E-state index >= 15 is 0 Å². The van der Waals surface area contributed by atoms with E-state index in [0.717, 1.165) is 10.9 Å². The van der Waals surface area contributed by atoms with Crippen LogP contribution in [0.3, 0.4) is 0 Å². The van der Waals surface area contributed by atoms with Crippen LogP contribution < -0.4 is 11.1 Å². The van der Waals surface area contributed by atoms with E-state index in [4.69, 9.17) is 10.8 Å². The summed E-state index contributed by atoms with van der Waals surface area (Å²) in [5, 5.41) is 12.7. The summed E-state index contributed by atoms with van der Waals surface area (Å²) >= 11 is 0. The SMILES string of the molecule is CC(C)(CCO)NC(=O)c1c[nH]c2ccc(N)cc12. The topological polar surface area (TPSA) is 91.1 Å². The van der Waals surface area contributed by atoms with E-state index in [1.165, 1.54) is 0 Å². The number of nitrogen functional groups attached to an aromatic ring is 1. The molecule has 0 saturated heterocycles. The van der Waals surface area contributed by atoms with E-state index < -0.39 is 5.54 Å². The molecule has 19 heavy (non-hydrogen) atoms. The molecule has 2 aromatic rings. The highest BCUT2D eigenvalue weighted by atomic mass is 16.3. The molecule has 0 aliphatic heterocycles. The summed E-state index contributed by atoms with van der Waals surface area (Å²) in [6.45, 7) is 3.79. The second-order valence-corrected chi connectivity index (χ2v) is 5.32. The first-order valence-electron chi connectivity index (χ1n) is 6.23. The minimum atomic E-state index is -0.449. The Morgan fingerprint density at radius 2 is 2.21 bits per heavy atom. The number of nitrogens with two attached hydrogens (primary N) is 1. The normalized spacial score (nSPS) is 11.7. The van der Waals surface area contributed by atoms with Crippen molar-refractivity contribution in [2.45, 2.75) is 25.8 Å². The van der Waals surface area contributed by atoms with Gasteiger partial charge in [-0.1, -0.05) is 0 Å². The Hall–Kier alpha value is -2.01. The van der Waals surface area contributed by atoms with E-state index in [-0.39, 0.29) is 12.5 Å². The first kappa shape index (κ1) is 13.4. The lowest BCUT2D eigenvalue weighted by Gasteiger charge is -2.25. The summed E-state index contributed by atoms with van der Waals surface area (Å²) in [5.41, 5.74) is 7.36. The van der Waals surface area contributed by atoms with Crippen molar-refractivity contribution < 1.29 is 9.90 Å². The third kappa shape index (κ3) is 2.88. The molecule has 0 aliphatic rings. The van der Waals surface area contributed by atoms with Crippen LogP contribution in [0.5, 0.6) is 0 Å². The monoisotopic (exact) mass is 261 g/mol. The average Bonchev–Trinajstić information content (AvgIpc) is 2.70. The van der Waals surface area contributed by atoms with Crippen LogP contribution in [0, 0.1) is 0 Å². The molecule has 0 unspecified atom stereocenters. The Bertz CT molecular complexity index is 602. The number of hydrogen-bond acceptors (Lipinski definition) is 3. The van der Waals surface area contributed by atoms with E-state index in [9.17, 15) is 4.79 Å². The molecular weight excluding hydrogens is 242 g/mol. The van der Waals surface area contributed by atoms with Crippen molar-refractivity contribution in [2.24, 2.45) is 0 Å². The number of nitrogens with one attached hydrogen (secondary N) is 2. The second kappa shape index (κ2) is 4.93. The minimum absolute atomic E-state index is 0.0358. The number of carbonyl (C=O) groups excluding carboxylic acids is 1. The fraction of sp³-hybridized carbons (Fsp3) is 0.357. The van der Waals surface area contributed by atoms with Gasteiger partial charge in [0.05, 0.1) is 5.56 Å². The maximum Gasteiger partial charge on any atom is 0.253 e. The molecule has 0 atom stereocenters. The van der Waals surface area contributed by atoms with Gasteiger partial charge in [-0.3, -0.25) is 4.79 Å². The molecule has 0 fully saturated rings. The Labute approximate surface area is 111 Å². The highest BCUT2D eigenvalue weighted by Crippen LogP contribution is 2.21. The van der Waals surface area contributed by atoms with Gasteiger partial charge < -0.3 is 21.1 Å². The molecule has 2 rings (SSSR count). The van der Waals surface area contributed by atoms with Gasteiger partial charge in [0, 0.05) is 34.9 Å². The number of aromatic nitrogens is 1. The van der Waals surface area contributed by atoms with Crippen molar-refractivity contribution >= 4 is 22.5 Å². The number of benzene rings is 1. The van der Waals surface area contributed by atoms with Crippen LogP contribution in [-0.4, -0.2) is 28.1 Å². The van der Waals surface area contributed by atoms with Gasteiger partial charge in [-0.15, -0.1) is 0 Å². The molecule has 0 spiro atoms. The Kier molecular flexibility index (Phi) is 3.48. The number of hydrogen-bond donors (Lipinski definition) is 4. The molecule has 0 saturated carbocycles. The van der Waals surface area contributed by atoms with Crippen LogP contribution in [0.2, 0.25) is 0 Å². The Morgan fingerprint density at radius 1 is 1.47 bits per heavy atom. The van der Waals surface area contributed by atoms with Crippen molar-refractivity contribution in [1.82, 2.24) is 10.3 Å². The highest BCUT2D eigenvalue weighted by molar-refractivity contribution is 6.07. The van der Waals surface area contributed by atoms with Gasteiger partial charge in [-0.05, 0) is 38.5 Å². The maximum absolute atomic E-state index is 12.3. The number of rotatable bonds is 4. The second-order valence-electron chi connectivity index (χ2n) is 5.32. The first-order chi connectivity index (χ1) is 8.93. The third-order valence-corrected chi connectivity index (χ3v) is 3.14. The zero-order chi connectivity index (χ0) is 14.0. The molecule has 0 bridgehead atoms. The van der Waals surface area contributed by atoms with E-state index in [0.29, 0.717) is 17.7 Å².